The summed E-state index contributed by atoms with van der Waals surface area (Å²) in [6.45, 7) is 4.17. The Morgan fingerprint density at radius 2 is 1.89 bits per heavy atom. The summed E-state index contributed by atoms with van der Waals surface area (Å²) in [5.74, 6) is -0.377. The highest BCUT2D eigenvalue weighted by atomic mass is 16.5. The van der Waals surface area contributed by atoms with Gasteiger partial charge in [0.15, 0.2) is 6.04 Å². The average molecular weight is 371 g/mol. The van der Waals surface area contributed by atoms with Crippen molar-refractivity contribution in [2.45, 2.75) is 32.6 Å². The number of benzene rings is 2. The first-order valence-electron chi connectivity index (χ1n) is 8.54. The molecule has 27 heavy (non-hydrogen) atoms. The Bertz CT molecular complexity index is 803. The minimum Gasteiger partial charge on any atom is -0.491 e. The van der Waals surface area contributed by atoms with Gasteiger partial charge in [0.25, 0.3) is 0 Å². The summed E-state index contributed by atoms with van der Waals surface area (Å²) < 4.78 is 11.0. The first-order valence-corrected chi connectivity index (χ1v) is 8.54. The third-order valence-corrected chi connectivity index (χ3v) is 3.83. The molecule has 1 unspecified atom stereocenters. The third kappa shape index (κ3) is 5.46. The summed E-state index contributed by atoms with van der Waals surface area (Å²) >= 11 is 0. The molecule has 2 rings (SSSR count). The highest BCUT2D eigenvalue weighted by Gasteiger charge is 2.21. The smallest absolute Gasteiger partial charge is 0.330 e. The van der Waals surface area contributed by atoms with Crippen LogP contribution in [-0.4, -0.2) is 30.1 Å². The van der Waals surface area contributed by atoms with E-state index in [1.807, 2.05) is 13.8 Å². The quantitative estimate of drug-likeness (QED) is 0.397. The molecule has 0 fully saturated rings. The average Bonchev–Trinajstić information content (AvgIpc) is 2.61. The SMILES string of the molecule is COCc1cc(C(Nc2ccc(C(=N)N)cc2)C(=O)O)ccc1OC(C)C. The summed E-state index contributed by atoms with van der Waals surface area (Å²) in [6.07, 6.45) is -0.000331. The fourth-order valence-corrected chi connectivity index (χ4v) is 2.62. The molecular weight excluding hydrogens is 346 g/mol. The normalized spacial score (nSPS) is 11.9. The molecule has 1 atom stereocenters. The number of methoxy groups -OCH3 is 1. The largest absolute Gasteiger partial charge is 0.491 e. The van der Waals surface area contributed by atoms with Crippen molar-refractivity contribution in [3.8, 4) is 5.75 Å². The number of carboxylic acid groups (broad SMARTS) is 1. The van der Waals surface area contributed by atoms with E-state index in [1.54, 1.807) is 49.6 Å². The molecule has 0 saturated heterocycles. The molecule has 0 bridgehead atoms. The summed E-state index contributed by atoms with van der Waals surface area (Å²) in [5.41, 5.74) is 8.00. The van der Waals surface area contributed by atoms with Crippen molar-refractivity contribution >= 4 is 17.5 Å². The molecular formula is C20H25N3O4. The molecule has 7 heteroatoms. The van der Waals surface area contributed by atoms with Gasteiger partial charge in [-0.25, -0.2) is 4.79 Å². The lowest BCUT2D eigenvalue weighted by molar-refractivity contribution is -0.138. The number of amidine groups is 1. The number of nitrogens with two attached hydrogens (primary N) is 1. The van der Waals surface area contributed by atoms with Crippen LogP contribution < -0.4 is 15.8 Å². The predicted molar refractivity (Wildman–Crippen MR) is 104 cm³/mol. The maximum Gasteiger partial charge on any atom is 0.330 e. The molecule has 0 spiro atoms. The zero-order chi connectivity index (χ0) is 20.0. The lowest BCUT2D eigenvalue weighted by atomic mass is 10.0. The van der Waals surface area contributed by atoms with Crippen LogP contribution in [0.5, 0.6) is 5.75 Å². The second-order valence-corrected chi connectivity index (χ2v) is 6.37. The minimum absolute atomic E-state index is 0.000331. The van der Waals surface area contributed by atoms with E-state index in [2.05, 4.69) is 5.32 Å². The number of hydrogen-bond acceptors (Lipinski definition) is 5. The molecule has 5 N–H and O–H groups in total. The molecule has 2 aromatic rings. The monoisotopic (exact) mass is 371 g/mol. The number of nitrogens with one attached hydrogen (secondary N) is 2. The number of rotatable bonds is 9. The van der Waals surface area contributed by atoms with Crippen LogP contribution in [0.1, 0.15) is 36.6 Å². The van der Waals surface area contributed by atoms with Crippen LogP contribution in [0, 0.1) is 5.41 Å². The number of hydrogen-bond donors (Lipinski definition) is 4. The Morgan fingerprint density at radius 3 is 2.41 bits per heavy atom. The molecule has 0 aliphatic rings. The fourth-order valence-electron chi connectivity index (χ4n) is 2.62. The maximum absolute atomic E-state index is 11.8. The van der Waals surface area contributed by atoms with E-state index in [4.69, 9.17) is 20.6 Å². The van der Waals surface area contributed by atoms with Crippen LogP contribution in [0.2, 0.25) is 0 Å². The van der Waals surface area contributed by atoms with Crippen molar-refractivity contribution in [1.82, 2.24) is 0 Å². The number of ether oxygens (including phenoxy) is 2. The Morgan fingerprint density at radius 1 is 1.22 bits per heavy atom. The highest BCUT2D eigenvalue weighted by molar-refractivity contribution is 5.95. The third-order valence-electron chi connectivity index (χ3n) is 3.83. The van der Waals surface area contributed by atoms with E-state index in [0.29, 0.717) is 29.2 Å². The van der Waals surface area contributed by atoms with Crippen LogP contribution in [0.4, 0.5) is 5.69 Å². The van der Waals surface area contributed by atoms with Gasteiger partial charge in [-0.1, -0.05) is 6.07 Å². The molecule has 0 amide bonds. The van der Waals surface area contributed by atoms with Crippen LogP contribution >= 0.6 is 0 Å². The fraction of sp³-hybridized carbons (Fsp3) is 0.300. The van der Waals surface area contributed by atoms with E-state index in [9.17, 15) is 9.90 Å². The lowest BCUT2D eigenvalue weighted by Crippen LogP contribution is -2.21. The van der Waals surface area contributed by atoms with E-state index in [0.717, 1.165) is 5.56 Å². The predicted octanol–water partition coefficient (Wildman–Crippen LogP) is 3.14. The van der Waals surface area contributed by atoms with Gasteiger partial charge < -0.3 is 25.6 Å². The lowest BCUT2D eigenvalue weighted by Gasteiger charge is -2.20. The Labute approximate surface area is 158 Å². The van der Waals surface area contributed by atoms with Gasteiger partial charge >= 0.3 is 5.97 Å². The van der Waals surface area contributed by atoms with Crippen LogP contribution in [0.3, 0.4) is 0 Å². The second-order valence-electron chi connectivity index (χ2n) is 6.37. The maximum atomic E-state index is 11.8. The van der Waals surface area contributed by atoms with Crippen molar-refractivity contribution in [1.29, 1.82) is 5.41 Å². The number of anilines is 1. The topological polar surface area (TPSA) is 118 Å². The van der Waals surface area contributed by atoms with Gasteiger partial charge in [0, 0.05) is 23.9 Å². The first-order chi connectivity index (χ1) is 12.8. The number of nitrogen functional groups attached to an aromatic ring is 1. The van der Waals surface area contributed by atoms with Gasteiger partial charge in [0.05, 0.1) is 12.7 Å². The van der Waals surface area contributed by atoms with Gasteiger partial charge in [-0.15, -0.1) is 0 Å². The summed E-state index contributed by atoms with van der Waals surface area (Å²) in [4.78, 5) is 11.8. The molecule has 2 aromatic carbocycles. The molecule has 0 aliphatic heterocycles. The van der Waals surface area contributed by atoms with Crippen molar-refractivity contribution in [3.63, 3.8) is 0 Å². The highest BCUT2D eigenvalue weighted by Crippen LogP contribution is 2.27. The number of carbonyl (C=O) groups is 1. The van der Waals surface area contributed by atoms with E-state index in [1.165, 1.54) is 0 Å². The van der Waals surface area contributed by atoms with Gasteiger partial charge in [0.1, 0.15) is 11.6 Å². The standard InChI is InChI=1S/C20H25N3O4/c1-12(2)27-17-9-6-14(10-15(17)11-26-3)18(20(24)25)23-16-7-4-13(5-8-16)19(21)22/h4-10,12,18,23H,11H2,1-3H3,(H3,21,22)(H,24,25). The number of aliphatic carboxylic acids is 1. The Hall–Kier alpha value is -3.06. The van der Waals surface area contributed by atoms with E-state index in [-0.39, 0.29) is 11.9 Å². The summed E-state index contributed by atoms with van der Waals surface area (Å²) in [7, 11) is 1.58. The van der Waals surface area contributed by atoms with E-state index >= 15 is 0 Å². The summed E-state index contributed by atoms with van der Waals surface area (Å²) in [6, 6.07) is 11.0. The van der Waals surface area contributed by atoms with Gasteiger partial charge in [-0.05, 0) is 55.8 Å². The zero-order valence-corrected chi connectivity index (χ0v) is 15.7. The van der Waals surface area contributed by atoms with Gasteiger partial charge in [-0.3, -0.25) is 5.41 Å². The van der Waals surface area contributed by atoms with Crippen molar-refractivity contribution in [2.75, 3.05) is 12.4 Å². The second kappa shape index (κ2) is 9.05. The Kier molecular flexibility index (Phi) is 6.79. The Balaban J connectivity index is 2.31. The van der Waals surface area contributed by atoms with Crippen LogP contribution in [0.25, 0.3) is 0 Å². The minimum atomic E-state index is -1.01. The molecule has 0 radical (unpaired) electrons. The van der Waals surface area contributed by atoms with Gasteiger partial charge in [-0.2, -0.15) is 0 Å². The van der Waals surface area contributed by atoms with Crippen molar-refractivity contribution in [3.05, 3.63) is 59.2 Å². The zero-order valence-electron chi connectivity index (χ0n) is 15.7. The first kappa shape index (κ1) is 20.3. The molecule has 0 saturated carbocycles. The molecule has 0 heterocycles. The molecule has 7 nitrogen and oxygen atoms in total. The van der Waals surface area contributed by atoms with Crippen molar-refractivity contribution < 1.29 is 19.4 Å². The van der Waals surface area contributed by atoms with Crippen molar-refractivity contribution in [2.24, 2.45) is 5.73 Å². The molecule has 0 aliphatic carbocycles. The van der Waals surface area contributed by atoms with E-state index < -0.39 is 12.0 Å². The molecule has 0 aromatic heterocycles. The summed E-state index contributed by atoms with van der Waals surface area (Å²) in [5, 5.41) is 20.1. The molecule has 144 valence electrons. The van der Waals surface area contributed by atoms with Gasteiger partial charge in [0.2, 0.25) is 0 Å². The van der Waals surface area contributed by atoms with Crippen LogP contribution in [-0.2, 0) is 16.1 Å². The van der Waals surface area contributed by atoms with Crippen LogP contribution in [0.15, 0.2) is 42.5 Å². The number of carboxylic acids is 1.